The van der Waals surface area contributed by atoms with E-state index < -0.39 is 0 Å². The Hall–Kier alpha value is -1.84. The number of ether oxygens (including phenoxy) is 1. The SMILES string of the molecule is C[C@@H]1[C@H]2[C@@H]3C[C@H](Oc4ccc(F)cc4)C[C@@]3(C)CC[C@@H]2[C@@]2(C)CCC(=O)C=C2N1C. The summed E-state index contributed by atoms with van der Waals surface area (Å²) in [4.78, 5) is 14.6. The number of likely N-dealkylation sites (tertiary alicyclic amines) is 1. The number of carbonyl (C=O) groups is 1. The monoisotopic (exact) mass is 411 g/mol. The lowest BCUT2D eigenvalue weighted by Crippen LogP contribution is -2.60. The van der Waals surface area contributed by atoms with Gasteiger partial charge in [-0.15, -0.1) is 0 Å². The van der Waals surface area contributed by atoms with Gasteiger partial charge in [0.25, 0.3) is 0 Å². The van der Waals surface area contributed by atoms with E-state index in [1.54, 1.807) is 12.1 Å². The number of carbonyl (C=O) groups excluding carboxylic acids is 1. The Labute approximate surface area is 179 Å². The van der Waals surface area contributed by atoms with Crippen molar-refractivity contribution in [2.45, 2.75) is 71.4 Å². The van der Waals surface area contributed by atoms with Crippen LogP contribution in [0.25, 0.3) is 0 Å². The van der Waals surface area contributed by atoms with Gasteiger partial charge in [0.05, 0.1) is 6.10 Å². The predicted molar refractivity (Wildman–Crippen MR) is 116 cm³/mol. The van der Waals surface area contributed by atoms with Crippen molar-refractivity contribution in [2.24, 2.45) is 28.6 Å². The number of hydrogen-bond donors (Lipinski definition) is 0. The third-order valence-corrected chi connectivity index (χ3v) is 9.32. The summed E-state index contributed by atoms with van der Waals surface area (Å²) in [5.41, 5.74) is 1.67. The van der Waals surface area contributed by atoms with E-state index in [0.29, 0.717) is 35.6 Å². The highest BCUT2D eigenvalue weighted by Gasteiger charge is 2.61. The molecule has 30 heavy (non-hydrogen) atoms. The minimum Gasteiger partial charge on any atom is -0.490 e. The molecule has 0 bridgehead atoms. The molecular formula is C26H34FNO2. The molecule has 7 atom stereocenters. The van der Waals surface area contributed by atoms with Gasteiger partial charge < -0.3 is 9.64 Å². The molecule has 1 aromatic carbocycles. The van der Waals surface area contributed by atoms with Crippen molar-refractivity contribution in [2.75, 3.05) is 7.05 Å². The molecule has 3 aliphatic carbocycles. The smallest absolute Gasteiger partial charge is 0.157 e. The van der Waals surface area contributed by atoms with Crippen molar-refractivity contribution >= 4 is 5.78 Å². The van der Waals surface area contributed by atoms with Crippen molar-refractivity contribution in [1.82, 2.24) is 4.90 Å². The van der Waals surface area contributed by atoms with Crippen molar-refractivity contribution in [3.63, 3.8) is 0 Å². The van der Waals surface area contributed by atoms with Gasteiger partial charge in [-0.05, 0) is 86.5 Å². The molecule has 3 nitrogen and oxygen atoms in total. The van der Waals surface area contributed by atoms with E-state index in [9.17, 15) is 9.18 Å². The number of hydrogen-bond acceptors (Lipinski definition) is 3. The molecule has 0 spiro atoms. The van der Waals surface area contributed by atoms with Crippen LogP contribution in [-0.4, -0.2) is 29.9 Å². The first kappa shape index (κ1) is 20.1. The summed E-state index contributed by atoms with van der Waals surface area (Å²) < 4.78 is 19.6. The van der Waals surface area contributed by atoms with Crippen LogP contribution in [0.3, 0.4) is 0 Å². The zero-order valence-corrected chi connectivity index (χ0v) is 18.7. The minimum absolute atomic E-state index is 0.108. The van der Waals surface area contributed by atoms with Crippen LogP contribution in [0.2, 0.25) is 0 Å². The van der Waals surface area contributed by atoms with Gasteiger partial charge in [0.15, 0.2) is 5.78 Å². The Kier molecular flexibility index (Phi) is 4.57. The summed E-state index contributed by atoms with van der Waals surface area (Å²) in [5, 5.41) is 0. The van der Waals surface area contributed by atoms with Crippen molar-refractivity contribution < 1.29 is 13.9 Å². The minimum atomic E-state index is -0.223. The highest BCUT2D eigenvalue weighted by molar-refractivity contribution is 5.91. The molecule has 0 aromatic heterocycles. The fraction of sp³-hybridized carbons (Fsp3) is 0.654. The number of piperidine rings is 1. The summed E-state index contributed by atoms with van der Waals surface area (Å²) >= 11 is 0. The molecule has 1 aliphatic heterocycles. The highest BCUT2D eigenvalue weighted by Crippen LogP contribution is 2.65. The number of nitrogens with zero attached hydrogens (tertiary/aromatic N) is 1. The van der Waals surface area contributed by atoms with E-state index in [-0.39, 0.29) is 23.1 Å². The van der Waals surface area contributed by atoms with Crippen molar-refractivity contribution in [3.05, 3.63) is 41.9 Å². The molecular weight excluding hydrogens is 377 g/mol. The predicted octanol–water partition coefficient (Wildman–Crippen LogP) is 5.60. The molecule has 4 heteroatoms. The summed E-state index contributed by atoms with van der Waals surface area (Å²) in [6.45, 7) is 7.24. The van der Waals surface area contributed by atoms with Crippen molar-refractivity contribution in [3.8, 4) is 5.75 Å². The lowest BCUT2D eigenvalue weighted by molar-refractivity contribution is -0.121. The summed E-state index contributed by atoms with van der Waals surface area (Å²) in [7, 11) is 2.19. The van der Waals surface area contributed by atoms with E-state index in [4.69, 9.17) is 4.74 Å². The molecule has 5 rings (SSSR count). The molecule has 0 amide bonds. The number of allylic oxidation sites excluding steroid dienone is 2. The third-order valence-electron chi connectivity index (χ3n) is 9.32. The Morgan fingerprint density at radius 3 is 2.60 bits per heavy atom. The molecule has 1 saturated heterocycles. The van der Waals surface area contributed by atoms with Gasteiger partial charge in [0.2, 0.25) is 0 Å². The van der Waals surface area contributed by atoms with E-state index in [1.807, 2.05) is 6.08 Å². The van der Waals surface area contributed by atoms with Crippen LogP contribution in [0.4, 0.5) is 4.39 Å². The van der Waals surface area contributed by atoms with E-state index in [1.165, 1.54) is 30.7 Å². The third kappa shape index (κ3) is 2.93. The lowest BCUT2D eigenvalue weighted by Gasteiger charge is -2.62. The van der Waals surface area contributed by atoms with Gasteiger partial charge in [-0.1, -0.05) is 13.8 Å². The molecule has 1 heterocycles. The van der Waals surface area contributed by atoms with Crippen LogP contribution in [0.1, 0.15) is 59.3 Å². The molecule has 4 aliphatic rings. The Bertz CT molecular complexity index is 880. The molecule has 3 fully saturated rings. The highest BCUT2D eigenvalue weighted by atomic mass is 19.1. The van der Waals surface area contributed by atoms with Gasteiger partial charge in [-0.25, -0.2) is 4.39 Å². The van der Waals surface area contributed by atoms with Gasteiger partial charge in [-0.3, -0.25) is 4.79 Å². The van der Waals surface area contributed by atoms with Gasteiger partial charge in [0.1, 0.15) is 11.6 Å². The maximum Gasteiger partial charge on any atom is 0.157 e. The second-order valence-corrected chi connectivity index (χ2v) is 10.9. The number of ketones is 1. The largest absolute Gasteiger partial charge is 0.490 e. The number of rotatable bonds is 2. The maximum atomic E-state index is 13.3. The van der Waals surface area contributed by atoms with Crippen LogP contribution < -0.4 is 4.74 Å². The fourth-order valence-corrected chi connectivity index (χ4v) is 7.66. The topological polar surface area (TPSA) is 29.5 Å². The molecule has 1 aromatic rings. The maximum absolute atomic E-state index is 13.3. The van der Waals surface area contributed by atoms with Crippen LogP contribution in [0.15, 0.2) is 36.0 Å². The number of benzene rings is 1. The van der Waals surface area contributed by atoms with E-state index in [2.05, 4.69) is 32.7 Å². The summed E-state index contributed by atoms with van der Waals surface area (Å²) in [5.74, 6) is 2.71. The van der Waals surface area contributed by atoms with Gasteiger partial charge in [-0.2, -0.15) is 0 Å². The average Bonchev–Trinajstić information content (AvgIpc) is 3.05. The Balaban J connectivity index is 1.43. The zero-order valence-electron chi connectivity index (χ0n) is 18.7. The summed E-state index contributed by atoms with van der Waals surface area (Å²) in [6, 6.07) is 6.88. The zero-order chi connectivity index (χ0) is 21.3. The van der Waals surface area contributed by atoms with Crippen LogP contribution in [0, 0.1) is 34.4 Å². The Morgan fingerprint density at radius 1 is 1.13 bits per heavy atom. The first-order valence-corrected chi connectivity index (χ1v) is 11.6. The molecule has 0 unspecified atom stereocenters. The standard InChI is InChI=1S/C26H34FNO2/c1-16-24-21(26(3)12-9-18(29)13-23(26)28(16)4)10-11-25(2)15-20(14-22(24)25)30-19-7-5-17(27)6-8-19/h5-8,13,16,20-22,24H,9-12,14-15H2,1-4H3/t16-,20+,21+,22+,24-,25-,26-/m1/s1. The van der Waals surface area contributed by atoms with E-state index in [0.717, 1.165) is 25.0 Å². The molecule has 0 radical (unpaired) electrons. The normalized spacial score (nSPS) is 42.8. The first-order chi connectivity index (χ1) is 14.2. The molecule has 162 valence electrons. The average molecular weight is 412 g/mol. The summed E-state index contributed by atoms with van der Waals surface area (Å²) in [6.07, 6.45) is 8.42. The van der Waals surface area contributed by atoms with Gasteiger partial charge >= 0.3 is 0 Å². The quantitative estimate of drug-likeness (QED) is 0.634. The Morgan fingerprint density at radius 2 is 1.87 bits per heavy atom. The van der Waals surface area contributed by atoms with E-state index >= 15 is 0 Å². The second kappa shape index (κ2) is 6.83. The fourth-order valence-electron chi connectivity index (χ4n) is 7.66. The molecule has 0 N–H and O–H groups in total. The van der Waals surface area contributed by atoms with Crippen LogP contribution in [-0.2, 0) is 4.79 Å². The second-order valence-electron chi connectivity index (χ2n) is 10.9. The number of fused-ring (bicyclic) bond motifs is 5. The number of halogens is 1. The lowest BCUT2D eigenvalue weighted by atomic mass is 9.49. The van der Waals surface area contributed by atoms with Crippen LogP contribution in [0.5, 0.6) is 5.75 Å². The van der Waals surface area contributed by atoms with Crippen molar-refractivity contribution in [1.29, 1.82) is 0 Å². The first-order valence-electron chi connectivity index (χ1n) is 11.6. The molecule has 2 saturated carbocycles. The van der Waals surface area contributed by atoms with Crippen LogP contribution >= 0.6 is 0 Å². The van der Waals surface area contributed by atoms with Gasteiger partial charge in [0, 0.05) is 36.7 Å².